The number of aliphatic hydroxyl groups is 2. The Morgan fingerprint density at radius 3 is 1.83 bits per heavy atom. The molecule has 434 valence electrons. The number of aromatic hydroxyl groups is 1. The predicted molar refractivity (Wildman–Crippen MR) is 272 cm³/mol. The molecule has 31 nitrogen and oxygen atoms in total. The summed E-state index contributed by atoms with van der Waals surface area (Å²) in [6.45, 7) is 3.82. The first-order valence-corrected chi connectivity index (χ1v) is 24.9. The average molecular weight is 1110 g/mol. The number of nitrogens with two attached hydrogens (primary N) is 4. The SMILES string of the molecule is CC(C)CC(NNC(C=O)CO)C(=O)NC(CC(N)=O)C(=O)N1CCCC1C(=O)NC(CCC(=O)O)C(=O)NC(Cc1ccc(O)cc1)C(=O)NC(CCCN=C(N)N)C(=O)NC(CCC(N)=O)C(=O)C(=O)C(NO)C(C)O. The van der Waals surface area contributed by atoms with E-state index in [-0.39, 0.29) is 69.2 Å². The number of primary amides is 2. The Morgan fingerprint density at radius 2 is 1.29 bits per heavy atom. The molecule has 8 amide bonds. The number of carboxylic acid groups (broad SMARTS) is 1. The highest BCUT2D eigenvalue weighted by molar-refractivity contribution is 6.41. The van der Waals surface area contributed by atoms with Gasteiger partial charge in [0.2, 0.25) is 58.8 Å². The highest BCUT2D eigenvalue weighted by atomic mass is 16.5. The van der Waals surface area contributed by atoms with Crippen molar-refractivity contribution in [3.8, 4) is 5.75 Å². The lowest BCUT2D eigenvalue weighted by Crippen LogP contribution is -2.61. The Kier molecular flexibility index (Phi) is 28.5. The van der Waals surface area contributed by atoms with Gasteiger partial charge in [-0.25, -0.2) is 10.9 Å². The van der Waals surface area contributed by atoms with Gasteiger partial charge in [0.25, 0.3) is 0 Å². The van der Waals surface area contributed by atoms with E-state index in [4.69, 9.17) is 22.9 Å². The van der Waals surface area contributed by atoms with E-state index < -0.39 is 164 Å². The van der Waals surface area contributed by atoms with E-state index in [0.29, 0.717) is 11.8 Å². The number of nitrogens with zero attached hydrogens (tertiary/aromatic N) is 2. The number of phenolic OH excluding ortho intramolecular Hbond substituents is 1. The molecule has 0 bridgehead atoms. The van der Waals surface area contributed by atoms with E-state index in [1.165, 1.54) is 29.7 Å². The molecule has 1 aromatic carbocycles. The molecule has 1 aromatic rings. The van der Waals surface area contributed by atoms with Crippen LogP contribution in [0.3, 0.4) is 0 Å². The second kappa shape index (κ2) is 33.4. The van der Waals surface area contributed by atoms with Crippen molar-refractivity contribution >= 4 is 77.0 Å². The number of aliphatic hydroxyl groups excluding tert-OH is 2. The number of hydroxylamine groups is 1. The number of Topliss-reactive ketones (excluding diaryl/α,β-unsaturated/α-hetero) is 2. The van der Waals surface area contributed by atoms with Gasteiger partial charge >= 0.3 is 5.97 Å². The molecule has 1 aliphatic heterocycles. The van der Waals surface area contributed by atoms with Gasteiger partial charge in [-0.3, -0.25) is 57.7 Å². The number of guanidine groups is 1. The van der Waals surface area contributed by atoms with Crippen molar-refractivity contribution in [1.29, 1.82) is 0 Å². The number of carboxylic acids is 1. The zero-order valence-electron chi connectivity index (χ0n) is 43.5. The molecular formula is C47H74N14O17. The summed E-state index contributed by atoms with van der Waals surface area (Å²) < 4.78 is 0. The summed E-state index contributed by atoms with van der Waals surface area (Å²) >= 11 is 0. The third kappa shape index (κ3) is 22.9. The number of hydrogen-bond acceptors (Lipinski definition) is 20. The van der Waals surface area contributed by atoms with Crippen LogP contribution < -0.4 is 65.9 Å². The molecule has 0 radical (unpaired) electrons. The number of nitrogens with one attached hydrogen (secondary N) is 8. The van der Waals surface area contributed by atoms with Gasteiger partial charge in [-0.1, -0.05) is 26.0 Å². The van der Waals surface area contributed by atoms with Gasteiger partial charge in [0.05, 0.1) is 31.2 Å². The van der Waals surface area contributed by atoms with E-state index in [2.05, 4.69) is 42.4 Å². The first-order valence-electron chi connectivity index (χ1n) is 24.9. The monoisotopic (exact) mass is 1110 g/mol. The molecular weight excluding hydrogens is 1030 g/mol. The molecule has 0 aromatic heterocycles. The molecule has 0 spiro atoms. The van der Waals surface area contributed by atoms with E-state index in [0.717, 1.165) is 11.8 Å². The lowest BCUT2D eigenvalue weighted by molar-refractivity contribution is -0.144. The smallest absolute Gasteiger partial charge is 0.303 e. The van der Waals surface area contributed by atoms with E-state index in [1.807, 2.05) is 0 Å². The Morgan fingerprint density at radius 1 is 0.731 bits per heavy atom. The van der Waals surface area contributed by atoms with Crippen LogP contribution in [0.4, 0.5) is 0 Å². The van der Waals surface area contributed by atoms with Gasteiger partial charge < -0.3 is 84.8 Å². The molecule has 31 heteroatoms. The highest BCUT2D eigenvalue weighted by Crippen LogP contribution is 2.21. The molecule has 1 saturated heterocycles. The highest BCUT2D eigenvalue weighted by Gasteiger charge is 2.41. The zero-order valence-corrected chi connectivity index (χ0v) is 43.5. The number of ketones is 2. The number of carbonyl (C=O) groups is 12. The largest absolute Gasteiger partial charge is 0.508 e. The fourth-order valence-electron chi connectivity index (χ4n) is 7.95. The minimum absolute atomic E-state index is 0.0150. The van der Waals surface area contributed by atoms with Gasteiger partial charge in [0.1, 0.15) is 54.3 Å². The summed E-state index contributed by atoms with van der Waals surface area (Å²) in [5, 5.41) is 60.6. The van der Waals surface area contributed by atoms with Crippen LogP contribution in [0.1, 0.15) is 90.5 Å². The molecule has 10 unspecified atom stereocenters. The summed E-state index contributed by atoms with van der Waals surface area (Å²) in [7, 11) is 0. The maximum absolute atomic E-state index is 14.4. The molecule has 21 N–H and O–H groups in total. The molecule has 0 saturated carbocycles. The van der Waals surface area contributed by atoms with Crippen molar-refractivity contribution in [3.05, 3.63) is 29.8 Å². The average Bonchev–Trinajstić information content (AvgIpc) is 3.88. The Balaban J connectivity index is 2.55. The topological polar surface area (TPSA) is 522 Å². The summed E-state index contributed by atoms with van der Waals surface area (Å²) in [6.07, 6.45) is -4.72. The lowest BCUT2D eigenvalue weighted by atomic mass is 9.96. The molecule has 2 rings (SSSR count). The Hall–Kier alpha value is -7.71. The fraction of sp³-hybridized carbons (Fsp3) is 0.596. The summed E-state index contributed by atoms with van der Waals surface area (Å²) in [5.41, 5.74) is 28.6. The number of rotatable bonds is 37. The van der Waals surface area contributed by atoms with Crippen molar-refractivity contribution in [2.75, 3.05) is 19.7 Å². The van der Waals surface area contributed by atoms with Crippen molar-refractivity contribution in [2.24, 2.45) is 33.8 Å². The number of phenols is 1. The summed E-state index contributed by atoms with van der Waals surface area (Å²) in [5.74, 6) is -12.8. The van der Waals surface area contributed by atoms with Crippen LogP contribution in [0.2, 0.25) is 0 Å². The number of carbonyl (C=O) groups excluding carboxylic acids is 11. The van der Waals surface area contributed by atoms with Gasteiger partial charge in [-0.2, -0.15) is 5.48 Å². The maximum atomic E-state index is 14.4. The van der Waals surface area contributed by atoms with Crippen LogP contribution in [0.5, 0.6) is 5.75 Å². The summed E-state index contributed by atoms with van der Waals surface area (Å²) in [6, 6.07) is -8.64. The predicted octanol–water partition coefficient (Wildman–Crippen LogP) is -6.66. The minimum atomic E-state index is -1.85. The quantitative estimate of drug-likeness (QED) is 0.00735. The number of hydrogen-bond donors (Lipinski definition) is 17. The number of hydrazine groups is 1. The Labute approximate surface area is 448 Å². The zero-order chi connectivity index (χ0) is 58.8. The van der Waals surface area contributed by atoms with Crippen LogP contribution >= 0.6 is 0 Å². The Bertz CT molecular complexity index is 2300. The van der Waals surface area contributed by atoms with Crippen molar-refractivity contribution in [1.82, 2.24) is 47.8 Å². The molecule has 10 atom stereocenters. The first-order chi connectivity index (χ1) is 36.7. The first kappa shape index (κ1) is 66.4. The van der Waals surface area contributed by atoms with Crippen LogP contribution in [0.15, 0.2) is 29.3 Å². The van der Waals surface area contributed by atoms with Gasteiger partial charge in [-0.05, 0) is 75.5 Å². The van der Waals surface area contributed by atoms with Crippen molar-refractivity contribution < 1.29 is 83.2 Å². The molecule has 1 fully saturated rings. The second-order valence-corrected chi connectivity index (χ2v) is 18.9. The number of amides is 8. The molecule has 1 aliphatic rings. The van der Waals surface area contributed by atoms with Gasteiger partial charge in [0.15, 0.2) is 5.96 Å². The fourth-order valence-corrected chi connectivity index (χ4v) is 7.95. The van der Waals surface area contributed by atoms with Crippen LogP contribution in [0.25, 0.3) is 0 Å². The van der Waals surface area contributed by atoms with E-state index in [1.54, 1.807) is 13.8 Å². The maximum Gasteiger partial charge on any atom is 0.303 e. The summed E-state index contributed by atoms with van der Waals surface area (Å²) in [4.78, 5) is 163. The molecule has 0 aliphatic carbocycles. The van der Waals surface area contributed by atoms with Crippen molar-refractivity contribution in [2.45, 2.75) is 152 Å². The van der Waals surface area contributed by atoms with Gasteiger partial charge in [-0.15, -0.1) is 0 Å². The van der Waals surface area contributed by atoms with E-state index in [9.17, 15) is 83.2 Å². The van der Waals surface area contributed by atoms with Crippen LogP contribution in [-0.2, 0) is 64.0 Å². The standard InChI is InChI=1S/C47H74N14O17/c1-23(2)18-32(59-58-26(21-62)22-63)44(75)57-33(20-36(49)67)46(77)61-17-5-7-34(61)45(76)55-30(13-15-37(68)69)42(73)56-31(19-25-8-10-27(65)11-9-25)43(74)54-29(6-4-16-52-47(50)51)41(72)53-28(12-14-35(48)66)39(70)40(71)38(60-78)24(3)64/h8-11,21,23-24,26,28-34,38,58-60,63-65,78H,4-7,12-20,22H2,1-3H3,(H2,48,66)(H2,49,67)(H,53,72)(H,54,74)(H,55,76)(H,56,73)(H,57,75)(H,68,69)(H4,50,51,52). The molecule has 78 heavy (non-hydrogen) atoms. The number of aliphatic carboxylic acids is 1. The van der Waals surface area contributed by atoms with E-state index >= 15 is 0 Å². The minimum Gasteiger partial charge on any atom is -0.508 e. The third-order valence-corrected chi connectivity index (χ3v) is 12.0. The molecule has 1 heterocycles. The third-order valence-electron chi connectivity index (χ3n) is 12.0. The second-order valence-electron chi connectivity index (χ2n) is 18.9. The number of benzene rings is 1. The number of aldehydes is 1. The van der Waals surface area contributed by atoms with Gasteiger partial charge in [0, 0.05) is 32.4 Å². The van der Waals surface area contributed by atoms with Crippen LogP contribution in [0, 0.1) is 5.92 Å². The van der Waals surface area contributed by atoms with Crippen LogP contribution in [-0.4, -0.2) is 188 Å². The van der Waals surface area contributed by atoms with Crippen molar-refractivity contribution in [3.63, 3.8) is 0 Å². The number of likely N-dealkylation sites (tertiary alicyclic amines) is 1. The normalized spacial score (nSPS) is 16.6. The number of aliphatic imine (C=N–C) groups is 1. The lowest BCUT2D eigenvalue weighted by Gasteiger charge is -2.31.